The van der Waals surface area contributed by atoms with Crippen molar-refractivity contribution in [2.45, 2.75) is 6.04 Å². The first-order valence-corrected chi connectivity index (χ1v) is 9.16. The van der Waals surface area contributed by atoms with Gasteiger partial charge >= 0.3 is 6.03 Å². The van der Waals surface area contributed by atoms with Gasteiger partial charge < -0.3 is 15.4 Å². The summed E-state index contributed by atoms with van der Waals surface area (Å²) in [7, 11) is 0. The normalized spacial score (nSPS) is 15.6. The van der Waals surface area contributed by atoms with Gasteiger partial charge in [-0.05, 0) is 35.9 Å². The number of ether oxygens (including phenoxy) is 1. The van der Waals surface area contributed by atoms with Crippen LogP contribution in [0.1, 0.15) is 17.2 Å². The van der Waals surface area contributed by atoms with Crippen molar-refractivity contribution in [3.05, 3.63) is 64.7 Å². The summed E-state index contributed by atoms with van der Waals surface area (Å²) in [6.07, 6.45) is 0. The lowest BCUT2D eigenvalue weighted by molar-refractivity contribution is 0.0168. The molecule has 0 spiro atoms. The molecule has 2 amide bonds. The molecule has 7 heteroatoms. The second-order valence-electron chi connectivity index (χ2n) is 6.21. The Bertz CT molecular complexity index is 813. The van der Waals surface area contributed by atoms with Crippen molar-refractivity contribution in [2.75, 3.05) is 38.2 Å². The van der Waals surface area contributed by atoms with Gasteiger partial charge in [0, 0.05) is 30.3 Å². The maximum Gasteiger partial charge on any atom is 0.319 e. The fourth-order valence-corrected chi connectivity index (χ4v) is 3.32. The zero-order valence-electron chi connectivity index (χ0n) is 14.8. The molecule has 0 radical (unpaired) electrons. The van der Waals surface area contributed by atoms with E-state index in [0.717, 1.165) is 18.7 Å². The number of carbonyl (C=O) groups is 1. The van der Waals surface area contributed by atoms with E-state index in [2.05, 4.69) is 21.6 Å². The number of rotatable bonds is 5. The number of nitrogens with zero attached hydrogens (tertiary/aromatic N) is 2. The van der Waals surface area contributed by atoms with Crippen molar-refractivity contribution >= 4 is 23.3 Å². The summed E-state index contributed by atoms with van der Waals surface area (Å²) in [5.74, 6) is 0. The van der Waals surface area contributed by atoms with Crippen LogP contribution < -0.4 is 10.6 Å². The number of urea groups is 1. The summed E-state index contributed by atoms with van der Waals surface area (Å²) in [4.78, 5) is 14.6. The van der Waals surface area contributed by atoms with Gasteiger partial charge in [-0.2, -0.15) is 5.26 Å². The van der Waals surface area contributed by atoms with Crippen LogP contribution in [0.3, 0.4) is 0 Å². The van der Waals surface area contributed by atoms with Crippen molar-refractivity contribution in [3.8, 4) is 6.07 Å². The third kappa shape index (κ3) is 5.20. The van der Waals surface area contributed by atoms with Crippen molar-refractivity contribution in [2.24, 2.45) is 0 Å². The summed E-state index contributed by atoms with van der Waals surface area (Å²) < 4.78 is 5.44. The first-order chi connectivity index (χ1) is 13.2. The van der Waals surface area contributed by atoms with E-state index in [-0.39, 0.29) is 12.1 Å². The van der Waals surface area contributed by atoms with E-state index in [1.807, 2.05) is 24.3 Å². The summed E-state index contributed by atoms with van der Waals surface area (Å²) >= 11 is 6.40. The van der Waals surface area contributed by atoms with Crippen molar-refractivity contribution in [1.82, 2.24) is 10.2 Å². The fourth-order valence-electron chi connectivity index (χ4n) is 3.06. The van der Waals surface area contributed by atoms with E-state index in [1.165, 1.54) is 0 Å². The quantitative estimate of drug-likeness (QED) is 0.828. The summed E-state index contributed by atoms with van der Waals surface area (Å²) in [5, 5.41) is 15.2. The topological polar surface area (TPSA) is 77.4 Å². The number of benzene rings is 2. The zero-order valence-corrected chi connectivity index (χ0v) is 15.6. The smallest absolute Gasteiger partial charge is 0.319 e. The fraction of sp³-hybridized carbons (Fsp3) is 0.300. The number of carbonyl (C=O) groups excluding carboxylic acids is 1. The molecule has 3 rings (SSSR count). The average Bonchev–Trinajstić information content (AvgIpc) is 2.71. The van der Waals surface area contributed by atoms with E-state index in [0.29, 0.717) is 36.0 Å². The van der Waals surface area contributed by atoms with Crippen LogP contribution in [0.4, 0.5) is 10.5 Å². The molecule has 0 bridgehead atoms. The van der Waals surface area contributed by atoms with Crippen LogP contribution in [0, 0.1) is 11.3 Å². The van der Waals surface area contributed by atoms with E-state index in [1.54, 1.807) is 24.3 Å². The monoisotopic (exact) mass is 384 g/mol. The van der Waals surface area contributed by atoms with Gasteiger partial charge in [0.1, 0.15) is 0 Å². The maximum absolute atomic E-state index is 12.3. The molecule has 2 aromatic carbocycles. The number of halogens is 1. The number of anilines is 1. The predicted molar refractivity (Wildman–Crippen MR) is 105 cm³/mol. The average molecular weight is 385 g/mol. The number of nitriles is 1. The van der Waals surface area contributed by atoms with Crippen LogP contribution in [0.15, 0.2) is 48.5 Å². The first-order valence-electron chi connectivity index (χ1n) is 8.78. The van der Waals surface area contributed by atoms with Crippen molar-refractivity contribution in [1.29, 1.82) is 5.26 Å². The standard InChI is InChI=1S/C20H21ClN4O2/c21-18-4-2-1-3-17(18)19(25-9-11-27-12-10-25)14-23-20(26)24-16-7-5-15(13-22)6-8-16/h1-8,19H,9-12,14H2,(H2,23,24,26)/t19-/m1/s1. The van der Waals surface area contributed by atoms with Crippen molar-refractivity contribution in [3.63, 3.8) is 0 Å². The summed E-state index contributed by atoms with van der Waals surface area (Å²) in [6, 6.07) is 16.1. The van der Waals surface area contributed by atoms with Crippen LogP contribution in [-0.2, 0) is 4.74 Å². The number of nitrogens with one attached hydrogen (secondary N) is 2. The molecule has 1 fully saturated rings. The number of amides is 2. The maximum atomic E-state index is 12.3. The van der Waals surface area contributed by atoms with Crippen LogP contribution in [0.5, 0.6) is 0 Å². The van der Waals surface area contributed by atoms with E-state index in [4.69, 9.17) is 21.6 Å². The lowest BCUT2D eigenvalue weighted by atomic mass is 10.0. The third-order valence-corrected chi connectivity index (χ3v) is 4.82. The highest BCUT2D eigenvalue weighted by Gasteiger charge is 2.24. The second kappa shape index (κ2) is 9.38. The molecule has 1 aliphatic rings. The Kier molecular flexibility index (Phi) is 6.66. The number of hydrogen-bond acceptors (Lipinski definition) is 4. The van der Waals surface area contributed by atoms with E-state index >= 15 is 0 Å². The minimum absolute atomic E-state index is 0.0330. The van der Waals surface area contributed by atoms with Crippen LogP contribution in [0.25, 0.3) is 0 Å². The van der Waals surface area contributed by atoms with Gasteiger partial charge in [0.15, 0.2) is 0 Å². The molecule has 6 nitrogen and oxygen atoms in total. The Hall–Kier alpha value is -2.59. The Morgan fingerprint density at radius 3 is 2.56 bits per heavy atom. The first kappa shape index (κ1) is 19.2. The Morgan fingerprint density at radius 2 is 1.89 bits per heavy atom. The van der Waals surface area contributed by atoms with Gasteiger partial charge in [-0.15, -0.1) is 0 Å². The lowest BCUT2D eigenvalue weighted by Gasteiger charge is -2.35. The molecule has 140 valence electrons. The molecule has 2 aromatic rings. The molecule has 27 heavy (non-hydrogen) atoms. The number of hydrogen-bond donors (Lipinski definition) is 2. The highest BCUT2D eigenvalue weighted by atomic mass is 35.5. The molecule has 0 saturated carbocycles. The zero-order chi connectivity index (χ0) is 19.1. The minimum atomic E-state index is -0.301. The highest BCUT2D eigenvalue weighted by molar-refractivity contribution is 6.31. The third-order valence-electron chi connectivity index (χ3n) is 4.48. The largest absolute Gasteiger partial charge is 0.379 e. The molecular formula is C20H21ClN4O2. The van der Waals surface area contributed by atoms with Gasteiger partial charge in [0.25, 0.3) is 0 Å². The molecule has 0 aliphatic carbocycles. The summed E-state index contributed by atoms with van der Waals surface area (Å²) in [6.45, 7) is 3.33. The molecule has 0 unspecified atom stereocenters. The van der Waals surface area contributed by atoms with Gasteiger partial charge in [0.2, 0.25) is 0 Å². The van der Waals surface area contributed by atoms with Crippen LogP contribution in [-0.4, -0.2) is 43.8 Å². The Balaban J connectivity index is 1.65. The molecule has 1 atom stereocenters. The van der Waals surface area contributed by atoms with Crippen LogP contribution in [0.2, 0.25) is 5.02 Å². The van der Waals surface area contributed by atoms with Gasteiger partial charge in [-0.25, -0.2) is 4.79 Å². The Morgan fingerprint density at radius 1 is 1.19 bits per heavy atom. The highest BCUT2D eigenvalue weighted by Crippen LogP contribution is 2.27. The van der Waals surface area contributed by atoms with Gasteiger partial charge in [-0.1, -0.05) is 29.8 Å². The minimum Gasteiger partial charge on any atom is -0.379 e. The molecule has 1 heterocycles. The SMILES string of the molecule is N#Cc1ccc(NC(=O)NC[C@H](c2ccccc2Cl)N2CCOCC2)cc1. The molecule has 1 saturated heterocycles. The second-order valence-corrected chi connectivity index (χ2v) is 6.62. The molecular weight excluding hydrogens is 364 g/mol. The molecule has 2 N–H and O–H groups in total. The summed E-state index contributed by atoms with van der Waals surface area (Å²) in [5.41, 5.74) is 2.17. The molecule has 0 aromatic heterocycles. The Labute approximate surface area is 163 Å². The number of morpholine rings is 1. The van der Waals surface area contributed by atoms with E-state index in [9.17, 15) is 4.79 Å². The molecule has 1 aliphatic heterocycles. The van der Waals surface area contributed by atoms with Gasteiger partial charge in [0.05, 0.1) is 30.9 Å². The van der Waals surface area contributed by atoms with Crippen molar-refractivity contribution < 1.29 is 9.53 Å². The lowest BCUT2D eigenvalue weighted by Crippen LogP contribution is -2.44. The predicted octanol–water partition coefficient (Wildman–Crippen LogP) is 3.41. The van der Waals surface area contributed by atoms with E-state index < -0.39 is 0 Å². The van der Waals surface area contributed by atoms with Crippen LogP contribution >= 0.6 is 11.6 Å². The van der Waals surface area contributed by atoms with Gasteiger partial charge in [-0.3, -0.25) is 4.90 Å².